The van der Waals surface area contributed by atoms with Crippen LogP contribution in [0.25, 0.3) is 0 Å². The molecular formula is C13H13NO4. The molecule has 0 radical (unpaired) electrons. The van der Waals surface area contributed by atoms with Crippen molar-refractivity contribution >= 4 is 17.8 Å². The Balaban J connectivity index is 1.99. The molecule has 5 nitrogen and oxygen atoms in total. The lowest BCUT2D eigenvalue weighted by molar-refractivity contribution is -0.141. The predicted molar refractivity (Wildman–Crippen MR) is 63.1 cm³/mol. The number of hydrogen-bond donors (Lipinski definition) is 0. The first kappa shape index (κ1) is 12.3. The molecular weight excluding hydrogens is 234 g/mol. The van der Waals surface area contributed by atoms with Crippen LogP contribution in [0.1, 0.15) is 34.1 Å². The van der Waals surface area contributed by atoms with E-state index in [1.165, 1.54) is 11.8 Å². The van der Waals surface area contributed by atoms with Crippen molar-refractivity contribution in [3.05, 3.63) is 35.4 Å². The van der Waals surface area contributed by atoms with Gasteiger partial charge in [-0.25, -0.2) is 0 Å². The molecule has 2 amide bonds. The molecule has 0 atom stereocenters. The smallest absolute Gasteiger partial charge is 0.302 e. The average molecular weight is 247 g/mol. The van der Waals surface area contributed by atoms with Crippen LogP contribution in [0, 0.1) is 0 Å². The van der Waals surface area contributed by atoms with Crippen molar-refractivity contribution in [1.29, 1.82) is 0 Å². The van der Waals surface area contributed by atoms with E-state index in [2.05, 4.69) is 0 Å². The van der Waals surface area contributed by atoms with Gasteiger partial charge in [-0.3, -0.25) is 19.3 Å². The molecule has 0 unspecified atom stereocenters. The summed E-state index contributed by atoms with van der Waals surface area (Å²) in [6.07, 6.45) is 0.449. The topological polar surface area (TPSA) is 63.7 Å². The van der Waals surface area contributed by atoms with Gasteiger partial charge in [-0.1, -0.05) is 12.1 Å². The number of rotatable bonds is 4. The summed E-state index contributed by atoms with van der Waals surface area (Å²) in [7, 11) is 0. The zero-order valence-electron chi connectivity index (χ0n) is 10.0. The fourth-order valence-corrected chi connectivity index (χ4v) is 1.88. The molecule has 94 valence electrons. The Bertz CT molecular complexity index is 474. The Kier molecular flexibility index (Phi) is 3.41. The van der Waals surface area contributed by atoms with Crippen LogP contribution >= 0.6 is 0 Å². The van der Waals surface area contributed by atoms with Crippen molar-refractivity contribution in [3.63, 3.8) is 0 Å². The number of imide groups is 1. The summed E-state index contributed by atoms with van der Waals surface area (Å²) >= 11 is 0. The van der Waals surface area contributed by atoms with Gasteiger partial charge in [-0.2, -0.15) is 0 Å². The van der Waals surface area contributed by atoms with Gasteiger partial charge in [0.25, 0.3) is 11.8 Å². The molecule has 1 aliphatic heterocycles. The molecule has 5 heteroatoms. The zero-order valence-corrected chi connectivity index (χ0v) is 10.0. The monoisotopic (exact) mass is 247 g/mol. The van der Waals surface area contributed by atoms with E-state index in [1.54, 1.807) is 24.3 Å². The van der Waals surface area contributed by atoms with Crippen LogP contribution in [0.4, 0.5) is 0 Å². The van der Waals surface area contributed by atoms with Crippen LogP contribution in [0.5, 0.6) is 0 Å². The third-order valence-corrected chi connectivity index (χ3v) is 2.71. The SMILES string of the molecule is CC(=O)OCCCN1C(=O)c2ccccc2C1=O. The lowest BCUT2D eigenvalue weighted by atomic mass is 10.1. The summed E-state index contributed by atoms with van der Waals surface area (Å²) in [5, 5.41) is 0. The Morgan fingerprint density at radius 3 is 2.22 bits per heavy atom. The first-order valence-electron chi connectivity index (χ1n) is 5.70. The van der Waals surface area contributed by atoms with Gasteiger partial charge < -0.3 is 4.74 Å². The van der Waals surface area contributed by atoms with Crippen LogP contribution in [-0.2, 0) is 9.53 Å². The van der Waals surface area contributed by atoms with Crippen molar-refractivity contribution in [3.8, 4) is 0 Å². The number of carbonyl (C=O) groups is 3. The van der Waals surface area contributed by atoms with Crippen molar-refractivity contribution in [2.75, 3.05) is 13.2 Å². The van der Waals surface area contributed by atoms with Crippen LogP contribution < -0.4 is 0 Å². The molecule has 2 rings (SSSR count). The van der Waals surface area contributed by atoms with E-state index in [4.69, 9.17) is 4.74 Å². The largest absolute Gasteiger partial charge is 0.466 e. The van der Waals surface area contributed by atoms with E-state index >= 15 is 0 Å². The fraction of sp³-hybridized carbons (Fsp3) is 0.308. The second kappa shape index (κ2) is 5.00. The second-order valence-corrected chi connectivity index (χ2v) is 4.00. The molecule has 0 aliphatic carbocycles. The number of benzene rings is 1. The lowest BCUT2D eigenvalue weighted by Crippen LogP contribution is -2.31. The maximum atomic E-state index is 11.9. The number of carbonyl (C=O) groups excluding carboxylic acids is 3. The van der Waals surface area contributed by atoms with Gasteiger partial charge in [0.1, 0.15) is 0 Å². The molecule has 1 aromatic carbocycles. The number of esters is 1. The maximum absolute atomic E-state index is 11.9. The molecule has 0 saturated carbocycles. The Morgan fingerprint density at radius 1 is 1.17 bits per heavy atom. The highest BCUT2D eigenvalue weighted by Crippen LogP contribution is 2.22. The Hall–Kier alpha value is -2.17. The highest BCUT2D eigenvalue weighted by molar-refractivity contribution is 6.21. The molecule has 1 aliphatic rings. The van der Waals surface area contributed by atoms with Gasteiger partial charge >= 0.3 is 5.97 Å². The van der Waals surface area contributed by atoms with Crippen molar-refractivity contribution in [2.45, 2.75) is 13.3 Å². The van der Waals surface area contributed by atoms with Gasteiger partial charge in [-0.15, -0.1) is 0 Å². The number of hydrogen-bond acceptors (Lipinski definition) is 4. The van der Waals surface area contributed by atoms with Crippen LogP contribution in [0.2, 0.25) is 0 Å². The van der Waals surface area contributed by atoms with Gasteiger partial charge in [0.2, 0.25) is 0 Å². The molecule has 0 saturated heterocycles. The van der Waals surface area contributed by atoms with Crippen molar-refractivity contribution in [1.82, 2.24) is 4.90 Å². The third kappa shape index (κ3) is 2.25. The van der Waals surface area contributed by atoms with Crippen LogP contribution in [0.3, 0.4) is 0 Å². The average Bonchev–Trinajstić information content (AvgIpc) is 2.59. The standard InChI is InChI=1S/C13H13NO4/c1-9(15)18-8-4-7-14-12(16)10-5-2-3-6-11(10)13(14)17/h2-3,5-6H,4,7-8H2,1H3. The number of fused-ring (bicyclic) bond motifs is 1. The lowest BCUT2D eigenvalue weighted by Gasteiger charge is -2.13. The van der Waals surface area contributed by atoms with E-state index in [0.717, 1.165) is 0 Å². The maximum Gasteiger partial charge on any atom is 0.302 e. The first-order chi connectivity index (χ1) is 8.61. The molecule has 0 spiro atoms. The van der Waals surface area contributed by atoms with Gasteiger partial charge in [0.15, 0.2) is 0 Å². The van der Waals surface area contributed by atoms with Gasteiger partial charge in [0, 0.05) is 13.5 Å². The summed E-state index contributed by atoms with van der Waals surface area (Å²) < 4.78 is 4.76. The second-order valence-electron chi connectivity index (χ2n) is 4.00. The van der Waals surface area contributed by atoms with Gasteiger partial charge in [0.05, 0.1) is 17.7 Å². The Labute approximate surface area is 104 Å². The van der Waals surface area contributed by atoms with Gasteiger partial charge in [-0.05, 0) is 18.6 Å². The zero-order chi connectivity index (χ0) is 13.1. The first-order valence-corrected chi connectivity index (χ1v) is 5.70. The van der Waals surface area contributed by atoms with Crippen LogP contribution in [0.15, 0.2) is 24.3 Å². The molecule has 18 heavy (non-hydrogen) atoms. The summed E-state index contributed by atoms with van der Waals surface area (Å²) in [5.41, 5.74) is 0.880. The van der Waals surface area contributed by atoms with Crippen molar-refractivity contribution in [2.24, 2.45) is 0 Å². The number of nitrogens with zero attached hydrogens (tertiary/aromatic N) is 1. The minimum atomic E-state index is -0.364. The summed E-state index contributed by atoms with van der Waals surface area (Å²) in [4.78, 5) is 35.6. The minimum Gasteiger partial charge on any atom is -0.466 e. The highest BCUT2D eigenvalue weighted by Gasteiger charge is 2.34. The quantitative estimate of drug-likeness (QED) is 0.456. The van der Waals surface area contributed by atoms with E-state index in [-0.39, 0.29) is 30.9 Å². The molecule has 0 bridgehead atoms. The van der Waals surface area contributed by atoms with E-state index in [9.17, 15) is 14.4 Å². The molecule has 0 N–H and O–H groups in total. The molecule has 1 aromatic rings. The van der Waals surface area contributed by atoms with E-state index < -0.39 is 0 Å². The van der Waals surface area contributed by atoms with E-state index in [1.807, 2.05) is 0 Å². The fourth-order valence-electron chi connectivity index (χ4n) is 1.88. The number of ether oxygens (including phenoxy) is 1. The summed E-state index contributed by atoms with van der Waals surface area (Å²) in [5.74, 6) is -0.922. The van der Waals surface area contributed by atoms with Crippen molar-refractivity contribution < 1.29 is 19.1 Å². The molecule has 0 aromatic heterocycles. The molecule has 1 heterocycles. The molecule has 0 fully saturated rings. The third-order valence-electron chi connectivity index (χ3n) is 2.71. The van der Waals surface area contributed by atoms with E-state index in [0.29, 0.717) is 17.5 Å². The highest BCUT2D eigenvalue weighted by atomic mass is 16.5. The normalized spacial score (nSPS) is 13.7. The Morgan fingerprint density at radius 2 is 1.72 bits per heavy atom. The summed E-state index contributed by atoms with van der Waals surface area (Å²) in [6, 6.07) is 6.74. The number of amides is 2. The minimum absolute atomic E-state index is 0.211. The predicted octanol–water partition coefficient (Wildman–Crippen LogP) is 1.24. The van der Waals surface area contributed by atoms with Crippen LogP contribution in [-0.4, -0.2) is 35.8 Å². The summed E-state index contributed by atoms with van der Waals surface area (Å²) in [6.45, 7) is 1.80.